The SMILES string of the molecule is CCB(I)[PH](=O)P. The summed E-state index contributed by atoms with van der Waals surface area (Å²) in [6, 6.07) is 0. The van der Waals surface area contributed by atoms with Gasteiger partial charge < -0.3 is 4.57 Å². The molecule has 1 nitrogen and oxygen atoms in total. The number of rotatable bonds is 2. The van der Waals surface area contributed by atoms with Gasteiger partial charge in [0.2, 0.25) is 0 Å². The Morgan fingerprint density at radius 2 is 2.43 bits per heavy atom. The number of hydrogen-bond donors (Lipinski definition) is 0. The summed E-state index contributed by atoms with van der Waals surface area (Å²) in [5.41, 5.74) is 0. The van der Waals surface area contributed by atoms with Crippen LogP contribution in [-0.4, -0.2) is 4.29 Å². The van der Waals surface area contributed by atoms with E-state index in [1.807, 2.05) is 6.92 Å². The molecule has 0 heterocycles. The fourth-order valence-corrected chi connectivity index (χ4v) is 1.31. The van der Waals surface area contributed by atoms with Crippen LogP contribution in [0.4, 0.5) is 0 Å². The molecule has 0 aromatic heterocycles. The molecular weight excluding hydrogens is 240 g/mol. The van der Waals surface area contributed by atoms with Crippen LogP contribution < -0.4 is 0 Å². The predicted octanol–water partition coefficient (Wildman–Crippen LogP) is 2.28. The highest BCUT2D eigenvalue weighted by Crippen LogP contribution is 2.38. The van der Waals surface area contributed by atoms with E-state index in [1.165, 1.54) is 0 Å². The summed E-state index contributed by atoms with van der Waals surface area (Å²) in [5, 5.41) is 0. The van der Waals surface area contributed by atoms with Crippen LogP contribution in [0.3, 0.4) is 0 Å². The molecule has 2 atom stereocenters. The van der Waals surface area contributed by atoms with Crippen molar-refractivity contribution in [3.05, 3.63) is 0 Å². The lowest BCUT2D eigenvalue weighted by molar-refractivity contribution is 0.602. The fraction of sp³-hybridized carbons (Fsp3) is 1.00. The molecule has 0 saturated heterocycles. The summed E-state index contributed by atoms with van der Waals surface area (Å²) < 4.78 is 10.9. The van der Waals surface area contributed by atoms with Crippen LogP contribution in [0.25, 0.3) is 0 Å². The van der Waals surface area contributed by atoms with Crippen LogP contribution in [-0.2, 0) is 4.57 Å². The van der Waals surface area contributed by atoms with Crippen molar-refractivity contribution >= 4 is 43.0 Å². The minimum Gasteiger partial charge on any atom is -0.332 e. The minimum absolute atomic E-state index is 0.382. The second kappa shape index (κ2) is 4.35. The van der Waals surface area contributed by atoms with Crippen LogP contribution in [0.1, 0.15) is 6.92 Å². The third-order valence-electron chi connectivity index (χ3n) is 0.667. The molecule has 0 spiro atoms. The second-order valence-electron chi connectivity index (χ2n) is 1.28. The molecule has 0 N–H and O–H groups in total. The van der Waals surface area contributed by atoms with Gasteiger partial charge in [0.25, 0.3) is 4.29 Å². The van der Waals surface area contributed by atoms with Gasteiger partial charge in [-0.25, -0.2) is 0 Å². The van der Waals surface area contributed by atoms with Gasteiger partial charge in [0.1, 0.15) is 0 Å². The van der Waals surface area contributed by atoms with E-state index in [-0.39, 0.29) is 0 Å². The summed E-state index contributed by atoms with van der Waals surface area (Å²) in [6.07, 6.45) is 1.02. The predicted molar refractivity (Wildman–Crippen MR) is 49.0 cm³/mol. The molecular formula is C2H8BIOP2. The summed E-state index contributed by atoms with van der Waals surface area (Å²) in [4.78, 5) is 0. The molecule has 0 aliphatic carbocycles. The first-order valence-electron chi connectivity index (χ1n) is 2.12. The lowest BCUT2D eigenvalue weighted by atomic mass is 10.1. The lowest BCUT2D eigenvalue weighted by Crippen LogP contribution is -1.86. The van der Waals surface area contributed by atoms with E-state index in [4.69, 9.17) is 0 Å². The van der Waals surface area contributed by atoms with Crippen molar-refractivity contribution in [1.29, 1.82) is 0 Å². The fourth-order valence-electron chi connectivity index (χ4n) is 0.201. The van der Waals surface area contributed by atoms with Gasteiger partial charge in [-0.15, -0.1) is 22.4 Å². The van der Waals surface area contributed by atoms with Crippen molar-refractivity contribution in [2.75, 3.05) is 0 Å². The lowest BCUT2D eigenvalue weighted by Gasteiger charge is -1.92. The Morgan fingerprint density at radius 1 is 2.00 bits per heavy atom. The van der Waals surface area contributed by atoms with Crippen molar-refractivity contribution in [3.8, 4) is 0 Å². The van der Waals surface area contributed by atoms with Crippen LogP contribution >= 0.6 is 38.7 Å². The Bertz CT molecular complexity index is 78.1. The molecule has 2 unspecified atom stereocenters. The summed E-state index contributed by atoms with van der Waals surface area (Å²) in [6.45, 7) is 2.05. The van der Waals surface area contributed by atoms with Gasteiger partial charge in [-0.1, -0.05) is 22.2 Å². The van der Waals surface area contributed by atoms with E-state index in [9.17, 15) is 4.57 Å². The zero-order valence-electron chi connectivity index (χ0n) is 4.15. The molecule has 0 aliphatic heterocycles. The molecule has 0 aromatic carbocycles. The molecule has 0 saturated carbocycles. The number of hydrogen-bond acceptors (Lipinski definition) is 1. The molecule has 0 amide bonds. The zero-order chi connectivity index (χ0) is 5.86. The topological polar surface area (TPSA) is 17.1 Å². The van der Waals surface area contributed by atoms with Gasteiger partial charge in [0, 0.05) is 0 Å². The molecule has 0 fully saturated rings. The van der Waals surface area contributed by atoms with Crippen molar-refractivity contribution in [3.63, 3.8) is 0 Å². The van der Waals surface area contributed by atoms with E-state index in [0.717, 1.165) is 6.32 Å². The van der Waals surface area contributed by atoms with E-state index in [2.05, 4.69) is 31.3 Å². The monoisotopic (exact) mass is 248 g/mol. The standard InChI is InChI=1S/C2H8BIOP2/c1-2-3(4)7(5)6/h7H,2,6H2,1H3. The Kier molecular flexibility index (Phi) is 5.25. The molecule has 7 heavy (non-hydrogen) atoms. The van der Waals surface area contributed by atoms with E-state index in [1.54, 1.807) is 0 Å². The van der Waals surface area contributed by atoms with Gasteiger partial charge in [-0.05, 0) is 0 Å². The van der Waals surface area contributed by atoms with Gasteiger partial charge in [-0.2, -0.15) is 0 Å². The highest BCUT2D eigenvalue weighted by molar-refractivity contribution is 14.1. The highest BCUT2D eigenvalue weighted by Gasteiger charge is 2.08. The normalized spacial score (nSPS) is 13.6. The first-order chi connectivity index (χ1) is 3.18. The van der Waals surface area contributed by atoms with E-state index in [0.29, 0.717) is 4.29 Å². The van der Waals surface area contributed by atoms with Crippen LogP contribution in [0.5, 0.6) is 0 Å². The van der Waals surface area contributed by atoms with Crippen LogP contribution in [0, 0.1) is 0 Å². The molecule has 0 bridgehead atoms. The Labute approximate surface area is 60.8 Å². The maximum absolute atomic E-state index is 10.5. The summed E-state index contributed by atoms with van der Waals surface area (Å²) in [5.74, 6) is 0. The molecule has 5 heteroatoms. The summed E-state index contributed by atoms with van der Waals surface area (Å²) >= 11 is 2.21. The van der Waals surface area contributed by atoms with Crippen molar-refractivity contribution in [2.45, 2.75) is 13.2 Å². The molecule has 0 aliphatic rings. The van der Waals surface area contributed by atoms with Gasteiger partial charge >= 0.3 is 0 Å². The molecule has 0 rings (SSSR count). The average Bonchev–Trinajstić information content (AvgIpc) is 1.65. The third kappa shape index (κ3) is 3.99. The zero-order valence-corrected chi connectivity index (χ0v) is 8.46. The van der Waals surface area contributed by atoms with Gasteiger partial charge in [0.15, 0.2) is 0 Å². The first kappa shape index (κ1) is 8.45. The molecule has 42 valence electrons. The van der Waals surface area contributed by atoms with Crippen LogP contribution in [0.2, 0.25) is 6.32 Å². The smallest absolute Gasteiger partial charge is 0.291 e. The van der Waals surface area contributed by atoms with E-state index < -0.39 is 7.37 Å². The van der Waals surface area contributed by atoms with Crippen LogP contribution in [0.15, 0.2) is 0 Å². The summed E-state index contributed by atoms with van der Waals surface area (Å²) in [7, 11) is 1.05. The quantitative estimate of drug-likeness (QED) is 0.416. The highest BCUT2D eigenvalue weighted by atomic mass is 127. The Hall–Kier alpha value is 1.45. The van der Waals surface area contributed by atoms with E-state index >= 15 is 0 Å². The maximum atomic E-state index is 10.5. The van der Waals surface area contributed by atoms with Gasteiger partial charge in [0.05, 0.1) is 7.37 Å². The Morgan fingerprint density at radius 3 is 2.43 bits per heavy atom. The largest absolute Gasteiger partial charge is 0.332 e. The Balaban J connectivity index is 3.34. The molecule has 0 aromatic rings. The average molecular weight is 248 g/mol. The van der Waals surface area contributed by atoms with Crippen molar-refractivity contribution < 1.29 is 4.57 Å². The minimum atomic E-state index is -1.31. The number of halogens is 1. The van der Waals surface area contributed by atoms with Crippen molar-refractivity contribution in [2.24, 2.45) is 0 Å². The molecule has 0 radical (unpaired) electrons. The second-order valence-corrected chi connectivity index (χ2v) is 7.17. The third-order valence-corrected chi connectivity index (χ3v) is 7.66. The van der Waals surface area contributed by atoms with Crippen molar-refractivity contribution in [1.82, 2.24) is 0 Å². The first-order valence-corrected chi connectivity index (χ1v) is 6.66. The maximum Gasteiger partial charge on any atom is 0.291 e. The van der Waals surface area contributed by atoms with Gasteiger partial charge in [-0.3, -0.25) is 0 Å².